The molecular weight excluding hydrogens is 300 g/mol. The molecule has 1 aliphatic carbocycles. The first-order valence-electron chi connectivity index (χ1n) is 8.10. The molecule has 0 saturated heterocycles. The third-order valence-electron chi connectivity index (χ3n) is 5.03. The van der Waals surface area contributed by atoms with Gasteiger partial charge in [-0.3, -0.25) is 9.89 Å². The Morgan fingerprint density at radius 1 is 1.36 bits per heavy atom. The molecule has 0 spiro atoms. The summed E-state index contributed by atoms with van der Waals surface area (Å²) in [4.78, 5) is 12.3. The van der Waals surface area contributed by atoms with E-state index in [1.54, 1.807) is 0 Å². The molecule has 0 unspecified atom stereocenters. The second kappa shape index (κ2) is 7.01. The maximum atomic E-state index is 12.3. The molecule has 1 aromatic heterocycles. The summed E-state index contributed by atoms with van der Waals surface area (Å²) < 4.78 is 0. The van der Waals surface area contributed by atoms with Crippen molar-refractivity contribution >= 4 is 18.3 Å². The summed E-state index contributed by atoms with van der Waals surface area (Å²) in [5.74, 6) is 0.593. The van der Waals surface area contributed by atoms with Crippen LogP contribution < -0.4 is 10.6 Å². The van der Waals surface area contributed by atoms with Gasteiger partial charge in [-0.25, -0.2) is 0 Å². The number of fused-ring (bicyclic) bond motifs is 1. The van der Waals surface area contributed by atoms with E-state index in [4.69, 9.17) is 0 Å². The van der Waals surface area contributed by atoms with Crippen molar-refractivity contribution in [3.05, 3.63) is 17.0 Å². The highest BCUT2D eigenvalue weighted by Crippen LogP contribution is 2.37. The van der Waals surface area contributed by atoms with E-state index < -0.39 is 0 Å². The Hall–Kier alpha value is -1.07. The largest absolute Gasteiger partial charge is 0.350 e. The van der Waals surface area contributed by atoms with Crippen molar-refractivity contribution in [1.29, 1.82) is 0 Å². The van der Waals surface area contributed by atoms with Gasteiger partial charge in [0.05, 0.1) is 0 Å². The summed E-state index contributed by atoms with van der Waals surface area (Å²) in [6, 6.07) is 0. The van der Waals surface area contributed by atoms with Crippen molar-refractivity contribution < 1.29 is 4.79 Å². The summed E-state index contributed by atoms with van der Waals surface area (Å²) in [5.41, 5.74) is 3.21. The molecule has 1 saturated carbocycles. The van der Waals surface area contributed by atoms with Crippen LogP contribution in [-0.4, -0.2) is 29.2 Å². The van der Waals surface area contributed by atoms with Gasteiger partial charge in [0, 0.05) is 37.3 Å². The van der Waals surface area contributed by atoms with Crippen LogP contribution >= 0.6 is 12.4 Å². The van der Waals surface area contributed by atoms with E-state index >= 15 is 0 Å². The van der Waals surface area contributed by atoms with Gasteiger partial charge in [0.1, 0.15) is 0 Å². The molecule has 0 atom stereocenters. The van der Waals surface area contributed by atoms with Crippen LogP contribution in [0.1, 0.15) is 61.3 Å². The van der Waals surface area contributed by atoms with Gasteiger partial charge >= 0.3 is 0 Å². The maximum Gasteiger partial charge on any atom is 0.272 e. The second-order valence-corrected chi connectivity index (χ2v) is 7.27. The van der Waals surface area contributed by atoms with E-state index in [-0.39, 0.29) is 18.3 Å². The molecular formula is C16H27ClN4O. The van der Waals surface area contributed by atoms with Crippen molar-refractivity contribution in [3.63, 3.8) is 0 Å². The number of amides is 1. The number of hydrogen-bond acceptors (Lipinski definition) is 3. The van der Waals surface area contributed by atoms with Gasteiger partial charge in [-0.15, -0.1) is 12.4 Å². The first-order valence-corrected chi connectivity index (χ1v) is 8.10. The minimum atomic E-state index is -0.0268. The maximum absolute atomic E-state index is 12.3. The Morgan fingerprint density at radius 2 is 2.09 bits per heavy atom. The van der Waals surface area contributed by atoms with E-state index in [1.807, 2.05) is 0 Å². The van der Waals surface area contributed by atoms with Crippen molar-refractivity contribution in [2.75, 3.05) is 13.1 Å². The Morgan fingerprint density at radius 3 is 2.82 bits per heavy atom. The van der Waals surface area contributed by atoms with Crippen LogP contribution in [0.25, 0.3) is 0 Å². The number of aromatic nitrogens is 2. The van der Waals surface area contributed by atoms with E-state index in [0.717, 1.165) is 37.3 Å². The molecule has 5 nitrogen and oxygen atoms in total. The number of carbonyl (C=O) groups is 1. The molecule has 2 heterocycles. The normalized spacial score (nSPS) is 20.8. The number of nitrogens with one attached hydrogen (secondary N) is 3. The lowest BCUT2D eigenvalue weighted by Crippen LogP contribution is -2.34. The van der Waals surface area contributed by atoms with Crippen molar-refractivity contribution in [1.82, 2.24) is 20.8 Å². The Kier molecular flexibility index (Phi) is 5.50. The van der Waals surface area contributed by atoms with Crippen LogP contribution in [-0.2, 0) is 13.0 Å². The molecule has 0 radical (unpaired) electrons. The Bertz CT molecular complexity index is 516. The molecule has 3 N–H and O–H groups in total. The van der Waals surface area contributed by atoms with Crippen LogP contribution in [0.15, 0.2) is 0 Å². The lowest BCUT2D eigenvalue weighted by atomic mass is 9.73. The van der Waals surface area contributed by atoms with E-state index in [0.29, 0.717) is 17.0 Å². The molecule has 0 aromatic carbocycles. The van der Waals surface area contributed by atoms with Crippen LogP contribution in [0.2, 0.25) is 0 Å². The van der Waals surface area contributed by atoms with Crippen LogP contribution in [0, 0.1) is 11.3 Å². The predicted molar refractivity (Wildman–Crippen MR) is 89.3 cm³/mol. The monoisotopic (exact) mass is 326 g/mol. The lowest BCUT2D eigenvalue weighted by Gasteiger charge is -2.34. The molecule has 124 valence electrons. The number of hydrogen-bond donors (Lipinski definition) is 3. The fraction of sp³-hybridized carbons (Fsp3) is 0.750. The quantitative estimate of drug-likeness (QED) is 0.799. The summed E-state index contributed by atoms with van der Waals surface area (Å²) in [6.45, 7) is 7.15. The van der Waals surface area contributed by atoms with Gasteiger partial charge in [0.15, 0.2) is 5.69 Å². The first-order chi connectivity index (χ1) is 10.1. The zero-order chi connectivity index (χ0) is 14.9. The van der Waals surface area contributed by atoms with Crippen molar-refractivity contribution in [3.8, 4) is 0 Å². The fourth-order valence-corrected chi connectivity index (χ4v) is 3.40. The Labute approximate surface area is 138 Å². The second-order valence-electron chi connectivity index (χ2n) is 7.27. The van der Waals surface area contributed by atoms with Crippen LogP contribution in [0.4, 0.5) is 0 Å². The lowest BCUT2D eigenvalue weighted by molar-refractivity contribution is 0.0930. The molecule has 0 bridgehead atoms. The van der Waals surface area contributed by atoms with E-state index in [1.165, 1.54) is 25.7 Å². The number of rotatable bonds is 3. The summed E-state index contributed by atoms with van der Waals surface area (Å²) >= 11 is 0. The standard InChI is InChI=1S/C16H26N4O.ClH/c1-16(2)6-3-11(4-7-16)9-18-15(21)14-12-10-17-8-5-13(12)19-20-14;/h11,17H,3-10H2,1-2H3,(H,18,21)(H,19,20);1H. The van der Waals surface area contributed by atoms with Gasteiger partial charge < -0.3 is 10.6 Å². The summed E-state index contributed by atoms with van der Waals surface area (Å²) in [6.07, 6.45) is 5.87. The SMILES string of the molecule is CC1(C)CCC(CNC(=O)c2n[nH]c3c2CNCC3)CC1.Cl. The predicted octanol–water partition coefficient (Wildman–Crippen LogP) is 2.42. The molecule has 1 aliphatic heterocycles. The fourth-order valence-electron chi connectivity index (χ4n) is 3.40. The number of halogens is 1. The summed E-state index contributed by atoms with van der Waals surface area (Å²) in [7, 11) is 0. The zero-order valence-corrected chi connectivity index (χ0v) is 14.3. The summed E-state index contributed by atoms with van der Waals surface area (Å²) in [5, 5.41) is 13.6. The molecule has 22 heavy (non-hydrogen) atoms. The minimum absolute atomic E-state index is 0. The third-order valence-corrected chi connectivity index (χ3v) is 5.03. The first kappa shape index (κ1) is 17.3. The van der Waals surface area contributed by atoms with Crippen LogP contribution in [0.5, 0.6) is 0 Å². The molecule has 6 heteroatoms. The Balaban J connectivity index is 0.00000176. The zero-order valence-electron chi connectivity index (χ0n) is 13.5. The highest BCUT2D eigenvalue weighted by molar-refractivity contribution is 5.94. The third kappa shape index (κ3) is 3.82. The van der Waals surface area contributed by atoms with Gasteiger partial charge in [0.2, 0.25) is 0 Å². The molecule has 1 aromatic rings. The number of nitrogens with zero attached hydrogens (tertiary/aromatic N) is 1. The number of H-pyrrole nitrogens is 1. The van der Waals surface area contributed by atoms with Gasteiger partial charge in [-0.1, -0.05) is 13.8 Å². The molecule has 1 fully saturated rings. The van der Waals surface area contributed by atoms with Gasteiger partial charge in [-0.05, 0) is 37.0 Å². The number of aromatic amines is 1. The van der Waals surface area contributed by atoms with E-state index in [2.05, 4.69) is 34.7 Å². The van der Waals surface area contributed by atoms with Crippen molar-refractivity contribution in [2.45, 2.75) is 52.5 Å². The molecule has 3 rings (SSSR count). The van der Waals surface area contributed by atoms with E-state index in [9.17, 15) is 4.79 Å². The van der Waals surface area contributed by atoms with Crippen molar-refractivity contribution in [2.24, 2.45) is 11.3 Å². The minimum Gasteiger partial charge on any atom is -0.350 e. The number of carbonyl (C=O) groups excluding carboxylic acids is 1. The average molecular weight is 327 g/mol. The van der Waals surface area contributed by atoms with Gasteiger partial charge in [-0.2, -0.15) is 5.10 Å². The van der Waals surface area contributed by atoms with Gasteiger partial charge in [0.25, 0.3) is 5.91 Å². The molecule has 1 amide bonds. The highest BCUT2D eigenvalue weighted by atomic mass is 35.5. The topological polar surface area (TPSA) is 69.8 Å². The highest BCUT2D eigenvalue weighted by Gasteiger charge is 2.27. The smallest absolute Gasteiger partial charge is 0.272 e. The van der Waals surface area contributed by atoms with Crippen LogP contribution in [0.3, 0.4) is 0 Å². The average Bonchev–Trinajstić information content (AvgIpc) is 2.90. The molecule has 2 aliphatic rings.